The highest BCUT2D eigenvalue weighted by Crippen LogP contribution is 2.24. The molecule has 1 unspecified atom stereocenters. The zero-order valence-electron chi connectivity index (χ0n) is 14.6. The molecular formula is C17H21BrF2N2O3. The fourth-order valence-corrected chi connectivity index (χ4v) is 3.04. The zero-order chi connectivity index (χ0) is 18.9. The molecular weight excluding hydrogens is 398 g/mol. The van der Waals surface area contributed by atoms with E-state index in [1.165, 1.54) is 15.9 Å². The molecule has 0 aromatic heterocycles. The summed E-state index contributed by atoms with van der Waals surface area (Å²) in [6.45, 7) is 5.90. The zero-order valence-corrected chi connectivity index (χ0v) is 16.2. The van der Waals surface area contributed by atoms with Gasteiger partial charge in [0.05, 0.1) is 11.6 Å². The Balaban J connectivity index is 2.08. The van der Waals surface area contributed by atoms with Gasteiger partial charge in [-0.3, -0.25) is 4.79 Å². The van der Waals surface area contributed by atoms with Crippen molar-refractivity contribution in [1.29, 1.82) is 0 Å². The number of carbonyl (C=O) groups is 2. The molecule has 1 fully saturated rings. The van der Waals surface area contributed by atoms with Crippen molar-refractivity contribution in [2.24, 2.45) is 0 Å². The first-order chi connectivity index (χ1) is 11.5. The van der Waals surface area contributed by atoms with Gasteiger partial charge in [-0.05, 0) is 39.3 Å². The molecule has 1 heterocycles. The first-order valence-electron chi connectivity index (χ1n) is 7.89. The number of hydrogen-bond donors (Lipinski definition) is 0. The lowest BCUT2D eigenvalue weighted by atomic mass is 10.2. The lowest BCUT2D eigenvalue weighted by Gasteiger charge is -2.28. The lowest BCUT2D eigenvalue weighted by Crippen LogP contribution is -2.42. The summed E-state index contributed by atoms with van der Waals surface area (Å²) in [7, 11) is 1.60. The standard InChI is InChI=1S/C17H21BrF2N2O3/c1-17(2,3)25-16(24)21(4)11-5-6-22(9-11)15(23)12-7-10(18)8-13(19)14(12)20/h7-8,11H,5-6,9H2,1-4H3. The summed E-state index contributed by atoms with van der Waals surface area (Å²) in [5.74, 6) is -2.85. The molecule has 1 saturated heterocycles. The van der Waals surface area contributed by atoms with E-state index in [1.54, 1.807) is 27.8 Å². The van der Waals surface area contributed by atoms with Crippen LogP contribution in [0.3, 0.4) is 0 Å². The Morgan fingerprint density at radius 2 is 1.96 bits per heavy atom. The Labute approximate surface area is 154 Å². The highest BCUT2D eigenvalue weighted by atomic mass is 79.9. The van der Waals surface area contributed by atoms with Crippen molar-refractivity contribution in [3.8, 4) is 0 Å². The van der Waals surface area contributed by atoms with Gasteiger partial charge in [0.2, 0.25) is 0 Å². The summed E-state index contributed by atoms with van der Waals surface area (Å²) in [5.41, 5.74) is -0.941. The van der Waals surface area contributed by atoms with Crippen LogP contribution >= 0.6 is 15.9 Å². The second-order valence-corrected chi connectivity index (χ2v) is 7.95. The van der Waals surface area contributed by atoms with E-state index in [-0.39, 0.29) is 22.6 Å². The van der Waals surface area contributed by atoms with Crippen molar-refractivity contribution in [1.82, 2.24) is 9.80 Å². The molecule has 1 aliphatic heterocycles. The van der Waals surface area contributed by atoms with Gasteiger partial charge in [0.25, 0.3) is 5.91 Å². The van der Waals surface area contributed by atoms with Gasteiger partial charge in [0.15, 0.2) is 11.6 Å². The molecule has 138 valence electrons. The van der Waals surface area contributed by atoms with E-state index in [4.69, 9.17) is 4.74 Å². The third kappa shape index (κ3) is 4.68. The van der Waals surface area contributed by atoms with Crippen LogP contribution in [0.4, 0.5) is 13.6 Å². The summed E-state index contributed by atoms with van der Waals surface area (Å²) >= 11 is 3.06. The van der Waals surface area contributed by atoms with Gasteiger partial charge in [0.1, 0.15) is 5.60 Å². The molecule has 25 heavy (non-hydrogen) atoms. The van der Waals surface area contributed by atoms with E-state index in [2.05, 4.69) is 15.9 Å². The summed E-state index contributed by atoms with van der Waals surface area (Å²) in [4.78, 5) is 27.5. The predicted molar refractivity (Wildman–Crippen MR) is 92.4 cm³/mol. The molecule has 1 atom stereocenters. The molecule has 0 aliphatic carbocycles. The van der Waals surface area contributed by atoms with E-state index >= 15 is 0 Å². The van der Waals surface area contributed by atoms with Gasteiger partial charge in [-0.15, -0.1) is 0 Å². The number of halogens is 3. The Morgan fingerprint density at radius 1 is 1.32 bits per heavy atom. The first kappa shape index (κ1) is 19.6. The molecule has 0 spiro atoms. The SMILES string of the molecule is CN(C(=O)OC(C)(C)C)C1CCN(C(=O)c2cc(Br)cc(F)c2F)C1. The Bertz CT molecular complexity index is 691. The van der Waals surface area contributed by atoms with Crippen LogP contribution in [0.25, 0.3) is 0 Å². The average Bonchev–Trinajstić information content (AvgIpc) is 2.97. The quantitative estimate of drug-likeness (QED) is 0.686. The molecule has 5 nitrogen and oxygen atoms in total. The van der Waals surface area contributed by atoms with Crippen molar-refractivity contribution in [2.75, 3.05) is 20.1 Å². The van der Waals surface area contributed by atoms with Crippen molar-refractivity contribution in [3.05, 3.63) is 33.8 Å². The number of likely N-dealkylation sites (N-methyl/N-ethyl adjacent to an activating group) is 1. The highest BCUT2D eigenvalue weighted by molar-refractivity contribution is 9.10. The maximum atomic E-state index is 13.9. The third-order valence-corrected chi connectivity index (χ3v) is 4.36. The van der Waals surface area contributed by atoms with Crippen LogP contribution in [-0.2, 0) is 4.74 Å². The average molecular weight is 419 g/mol. The van der Waals surface area contributed by atoms with E-state index in [0.717, 1.165) is 6.07 Å². The summed E-state index contributed by atoms with van der Waals surface area (Å²) in [6, 6.07) is 1.99. The Kier molecular flexibility index (Phi) is 5.71. The van der Waals surface area contributed by atoms with Gasteiger partial charge in [0, 0.05) is 24.6 Å². The number of likely N-dealkylation sites (tertiary alicyclic amines) is 1. The second kappa shape index (κ2) is 7.27. The van der Waals surface area contributed by atoms with Crippen molar-refractivity contribution >= 4 is 27.9 Å². The lowest BCUT2D eigenvalue weighted by molar-refractivity contribution is 0.0226. The Morgan fingerprint density at radius 3 is 2.56 bits per heavy atom. The van der Waals surface area contributed by atoms with Crippen LogP contribution in [0, 0.1) is 11.6 Å². The molecule has 1 aliphatic rings. The molecule has 2 amide bonds. The van der Waals surface area contributed by atoms with Crippen LogP contribution < -0.4 is 0 Å². The third-order valence-electron chi connectivity index (χ3n) is 3.90. The topological polar surface area (TPSA) is 49.9 Å². The molecule has 1 aromatic rings. The summed E-state index contributed by atoms with van der Waals surface area (Å²) in [5, 5.41) is 0. The maximum absolute atomic E-state index is 13.9. The minimum absolute atomic E-state index is 0.237. The van der Waals surface area contributed by atoms with Crippen LogP contribution in [0.2, 0.25) is 0 Å². The fraction of sp³-hybridized carbons (Fsp3) is 0.529. The number of carbonyl (C=O) groups excluding carboxylic acids is 2. The van der Waals surface area contributed by atoms with Crippen LogP contribution in [0.1, 0.15) is 37.6 Å². The molecule has 2 rings (SSSR count). The van der Waals surface area contributed by atoms with Crippen molar-refractivity contribution in [3.63, 3.8) is 0 Å². The smallest absolute Gasteiger partial charge is 0.410 e. The minimum atomic E-state index is -1.17. The van der Waals surface area contributed by atoms with E-state index in [0.29, 0.717) is 13.0 Å². The van der Waals surface area contributed by atoms with Crippen LogP contribution in [-0.4, -0.2) is 53.6 Å². The highest BCUT2D eigenvalue weighted by Gasteiger charge is 2.34. The van der Waals surface area contributed by atoms with Gasteiger partial charge < -0.3 is 14.5 Å². The molecule has 0 bridgehead atoms. The number of hydrogen-bond acceptors (Lipinski definition) is 3. The monoisotopic (exact) mass is 418 g/mol. The second-order valence-electron chi connectivity index (χ2n) is 7.03. The summed E-state index contributed by atoms with van der Waals surface area (Å²) in [6.07, 6.45) is 0.0611. The first-order valence-corrected chi connectivity index (χ1v) is 8.68. The maximum Gasteiger partial charge on any atom is 0.410 e. The minimum Gasteiger partial charge on any atom is -0.444 e. The van der Waals surface area contributed by atoms with E-state index in [1.807, 2.05) is 0 Å². The molecule has 0 N–H and O–H groups in total. The number of ether oxygens (including phenoxy) is 1. The fourth-order valence-electron chi connectivity index (χ4n) is 2.61. The van der Waals surface area contributed by atoms with Crippen molar-refractivity contribution in [2.45, 2.75) is 38.8 Å². The number of rotatable bonds is 2. The van der Waals surface area contributed by atoms with Gasteiger partial charge in [-0.1, -0.05) is 15.9 Å². The van der Waals surface area contributed by atoms with Crippen LogP contribution in [0.15, 0.2) is 16.6 Å². The van der Waals surface area contributed by atoms with E-state index < -0.39 is 29.2 Å². The normalized spacial score (nSPS) is 17.6. The Hall–Kier alpha value is -1.70. The summed E-state index contributed by atoms with van der Waals surface area (Å²) < 4.78 is 33.0. The number of nitrogens with zero attached hydrogens (tertiary/aromatic N) is 2. The number of benzene rings is 1. The molecule has 1 aromatic carbocycles. The van der Waals surface area contributed by atoms with Gasteiger partial charge in [-0.2, -0.15) is 0 Å². The largest absolute Gasteiger partial charge is 0.444 e. The molecule has 0 saturated carbocycles. The predicted octanol–water partition coefficient (Wildman–Crippen LogP) is 3.81. The molecule has 8 heteroatoms. The number of amides is 2. The van der Waals surface area contributed by atoms with Gasteiger partial charge >= 0.3 is 6.09 Å². The van der Waals surface area contributed by atoms with E-state index in [9.17, 15) is 18.4 Å². The van der Waals surface area contributed by atoms with Crippen LogP contribution in [0.5, 0.6) is 0 Å². The van der Waals surface area contributed by atoms with Crippen molar-refractivity contribution < 1.29 is 23.1 Å². The van der Waals surface area contributed by atoms with Gasteiger partial charge in [-0.25, -0.2) is 13.6 Å². The molecule has 0 radical (unpaired) electrons.